The summed E-state index contributed by atoms with van der Waals surface area (Å²) in [6.45, 7) is 8.67. The Morgan fingerprint density at radius 2 is 1.68 bits per heavy atom. The van der Waals surface area contributed by atoms with Crippen molar-refractivity contribution in [3.8, 4) is 0 Å². The van der Waals surface area contributed by atoms with Crippen LogP contribution in [0.2, 0.25) is 0 Å². The summed E-state index contributed by atoms with van der Waals surface area (Å²) in [7, 11) is 0. The molecule has 0 unspecified atom stereocenters. The molecule has 0 atom stereocenters. The lowest BCUT2D eigenvalue weighted by Crippen LogP contribution is -2.46. The van der Waals surface area contributed by atoms with Crippen LogP contribution < -0.4 is 0 Å². The second-order valence-corrected chi connectivity index (χ2v) is 7.11. The number of rotatable bonds is 9. The number of benzene rings is 1. The van der Waals surface area contributed by atoms with Crippen LogP contribution in [0, 0.1) is 0 Å². The van der Waals surface area contributed by atoms with E-state index in [0.717, 1.165) is 57.2 Å². The molecule has 1 saturated heterocycles. The lowest BCUT2D eigenvalue weighted by Gasteiger charge is -2.39. The normalized spacial score (nSPS) is 16.8. The fourth-order valence-electron chi connectivity index (χ4n) is 3.78. The first kappa shape index (κ1) is 19.6. The third-order valence-corrected chi connectivity index (χ3v) is 5.30. The Morgan fingerprint density at radius 3 is 2.20 bits per heavy atom. The van der Waals surface area contributed by atoms with Crippen LogP contribution >= 0.6 is 0 Å². The van der Waals surface area contributed by atoms with Gasteiger partial charge in [-0.25, -0.2) is 0 Å². The van der Waals surface area contributed by atoms with Crippen molar-refractivity contribution in [2.45, 2.75) is 51.4 Å². The monoisotopic (exact) mass is 344 g/mol. The van der Waals surface area contributed by atoms with Gasteiger partial charge in [0.1, 0.15) is 6.29 Å². The van der Waals surface area contributed by atoms with Crippen LogP contribution in [0.4, 0.5) is 0 Å². The number of likely N-dealkylation sites (tertiary alicyclic amines) is 1. The largest absolute Gasteiger partial charge is 0.343 e. The zero-order valence-electron chi connectivity index (χ0n) is 15.7. The zero-order chi connectivity index (χ0) is 18.1. The number of nitrogens with zero attached hydrogens (tertiary/aromatic N) is 2. The van der Waals surface area contributed by atoms with E-state index in [-0.39, 0.29) is 5.91 Å². The van der Waals surface area contributed by atoms with Gasteiger partial charge in [-0.15, -0.1) is 0 Å². The quantitative estimate of drug-likeness (QED) is 0.646. The van der Waals surface area contributed by atoms with E-state index in [4.69, 9.17) is 0 Å². The van der Waals surface area contributed by atoms with E-state index < -0.39 is 5.41 Å². The van der Waals surface area contributed by atoms with E-state index in [0.29, 0.717) is 19.5 Å². The van der Waals surface area contributed by atoms with Gasteiger partial charge < -0.3 is 14.6 Å². The van der Waals surface area contributed by atoms with E-state index in [9.17, 15) is 9.59 Å². The van der Waals surface area contributed by atoms with Crippen molar-refractivity contribution in [2.24, 2.45) is 0 Å². The molecule has 0 radical (unpaired) electrons. The summed E-state index contributed by atoms with van der Waals surface area (Å²) in [5.41, 5.74) is 0.656. The minimum absolute atomic E-state index is 0.227. The summed E-state index contributed by atoms with van der Waals surface area (Å²) >= 11 is 0. The Hall–Kier alpha value is -1.68. The van der Waals surface area contributed by atoms with Crippen LogP contribution in [0.3, 0.4) is 0 Å². The van der Waals surface area contributed by atoms with E-state index in [1.165, 1.54) is 0 Å². The molecule has 4 nitrogen and oxygen atoms in total. The molecule has 1 aliphatic rings. The number of piperidine rings is 1. The van der Waals surface area contributed by atoms with Gasteiger partial charge in [-0.05, 0) is 44.3 Å². The van der Waals surface area contributed by atoms with Crippen molar-refractivity contribution in [3.05, 3.63) is 35.9 Å². The van der Waals surface area contributed by atoms with E-state index in [1.807, 2.05) is 35.2 Å². The summed E-state index contributed by atoms with van der Waals surface area (Å²) < 4.78 is 0. The minimum Gasteiger partial charge on any atom is -0.343 e. The molecule has 4 heteroatoms. The van der Waals surface area contributed by atoms with Gasteiger partial charge in [-0.2, -0.15) is 0 Å². The van der Waals surface area contributed by atoms with E-state index in [1.54, 1.807) is 0 Å². The predicted molar refractivity (Wildman–Crippen MR) is 102 cm³/mol. The van der Waals surface area contributed by atoms with Gasteiger partial charge in [0.25, 0.3) is 0 Å². The van der Waals surface area contributed by atoms with E-state index >= 15 is 0 Å². The van der Waals surface area contributed by atoms with Crippen LogP contribution in [0.5, 0.6) is 0 Å². The molecule has 2 rings (SSSR count). The maximum absolute atomic E-state index is 12.6. The molecule has 1 heterocycles. The first-order valence-corrected chi connectivity index (χ1v) is 9.67. The van der Waals surface area contributed by atoms with Gasteiger partial charge in [0, 0.05) is 26.1 Å². The molecule has 138 valence electrons. The average molecular weight is 344 g/mol. The highest BCUT2D eigenvalue weighted by atomic mass is 16.2. The molecule has 25 heavy (non-hydrogen) atoms. The standard InChI is InChI=1S/C21H32N2O2/c1-3-13-22(14-4-2)15-10-20(25)23-16-11-21(18-24,12-17-23)19-8-6-5-7-9-19/h5-9,18H,3-4,10-17H2,1-2H3. The topological polar surface area (TPSA) is 40.6 Å². The maximum Gasteiger partial charge on any atom is 0.223 e. The fraction of sp³-hybridized carbons (Fsp3) is 0.619. The first-order chi connectivity index (χ1) is 12.1. The highest BCUT2D eigenvalue weighted by molar-refractivity contribution is 5.77. The summed E-state index contributed by atoms with van der Waals surface area (Å²) in [4.78, 5) is 28.7. The lowest BCUT2D eigenvalue weighted by atomic mass is 9.74. The number of carbonyl (C=O) groups excluding carboxylic acids is 2. The third-order valence-electron chi connectivity index (χ3n) is 5.30. The van der Waals surface area contributed by atoms with Crippen LogP contribution in [0.1, 0.15) is 51.5 Å². The van der Waals surface area contributed by atoms with Crippen molar-refractivity contribution < 1.29 is 9.59 Å². The number of aldehydes is 1. The van der Waals surface area contributed by atoms with Gasteiger partial charge in [-0.1, -0.05) is 44.2 Å². The molecular formula is C21H32N2O2. The SMILES string of the molecule is CCCN(CCC)CCC(=O)N1CCC(C=O)(c2ccccc2)CC1. The molecule has 1 aliphatic heterocycles. The van der Waals surface area contributed by atoms with Crippen molar-refractivity contribution in [2.75, 3.05) is 32.7 Å². The molecule has 0 N–H and O–H groups in total. The number of hydrogen-bond donors (Lipinski definition) is 0. The molecule has 0 spiro atoms. The molecule has 1 aromatic rings. The van der Waals surface area contributed by atoms with Crippen LogP contribution in [-0.4, -0.2) is 54.7 Å². The molecule has 1 fully saturated rings. The van der Waals surface area contributed by atoms with Gasteiger partial charge in [0.05, 0.1) is 5.41 Å². The fourth-order valence-corrected chi connectivity index (χ4v) is 3.78. The Kier molecular flexibility index (Phi) is 7.63. The summed E-state index contributed by atoms with van der Waals surface area (Å²) in [6, 6.07) is 9.99. The maximum atomic E-state index is 12.6. The van der Waals surface area contributed by atoms with Gasteiger partial charge in [0.15, 0.2) is 0 Å². The first-order valence-electron chi connectivity index (χ1n) is 9.67. The number of hydrogen-bond acceptors (Lipinski definition) is 3. The third kappa shape index (κ3) is 5.15. The molecular weight excluding hydrogens is 312 g/mol. The highest BCUT2D eigenvalue weighted by Crippen LogP contribution is 2.33. The summed E-state index contributed by atoms with van der Waals surface area (Å²) in [5, 5.41) is 0. The van der Waals surface area contributed by atoms with Gasteiger partial charge >= 0.3 is 0 Å². The smallest absolute Gasteiger partial charge is 0.223 e. The Labute approximate surface area is 152 Å². The van der Waals surface area contributed by atoms with Crippen LogP contribution in [0.15, 0.2) is 30.3 Å². The van der Waals surface area contributed by atoms with Gasteiger partial charge in [0.2, 0.25) is 5.91 Å². The van der Waals surface area contributed by atoms with Gasteiger partial charge in [-0.3, -0.25) is 4.79 Å². The van der Waals surface area contributed by atoms with Crippen molar-refractivity contribution in [1.29, 1.82) is 0 Å². The second-order valence-electron chi connectivity index (χ2n) is 7.11. The number of carbonyl (C=O) groups is 2. The van der Waals surface area contributed by atoms with E-state index in [2.05, 4.69) is 18.7 Å². The predicted octanol–water partition coefficient (Wildman–Crippen LogP) is 3.26. The highest BCUT2D eigenvalue weighted by Gasteiger charge is 2.37. The molecule has 0 aromatic heterocycles. The molecule has 1 aromatic carbocycles. The zero-order valence-corrected chi connectivity index (χ0v) is 15.7. The van der Waals surface area contributed by atoms with Crippen molar-refractivity contribution in [1.82, 2.24) is 9.80 Å². The molecule has 0 bridgehead atoms. The molecule has 0 aliphatic carbocycles. The average Bonchev–Trinajstić information content (AvgIpc) is 2.67. The number of amides is 1. The lowest BCUT2D eigenvalue weighted by molar-refractivity contribution is -0.134. The Balaban J connectivity index is 1.88. The van der Waals surface area contributed by atoms with Crippen molar-refractivity contribution in [3.63, 3.8) is 0 Å². The Morgan fingerprint density at radius 1 is 1.08 bits per heavy atom. The van der Waals surface area contributed by atoms with Crippen LogP contribution in [0.25, 0.3) is 0 Å². The van der Waals surface area contributed by atoms with Crippen LogP contribution in [-0.2, 0) is 15.0 Å². The molecule has 1 amide bonds. The molecule has 0 saturated carbocycles. The summed E-state index contributed by atoms with van der Waals surface area (Å²) in [6.07, 6.45) is 5.36. The van der Waals surface area contributed by atoms with Crippen molar-refractivity contribution >= 4 is 12.2 Å². The Bertz CT molecular complexity index is 530. The summed E-state index contributed by atoms with van der Waals surface area (Å²) in [5.74, 6) is 0.227. The second kappa shape index (κ2) is 9.71. The minimum atomic E-state index is -0.422.